The third-order valence-electron chi connectivity index (χ3n) is 6.71. The molecular formula is C22H28O10. The van der Waals surface area contributed by atoms with Crippen molar-refractivity contribution in [3.05, 3.63) is 23.7 Å². The minimum absolute atomic E-state index is 0.0632. The normalized spacial score (nSPS) is 35.8. The number of rotatable bonds is 6. The summed E-state index contributed by atoms with van der Waals surface area (Å²) in [7, 11) is 2.48. The number of fused-ring (bicyclic) bond motifs is 1. The Hall–Kier alpha value is -2.88. The fourth-order valence-electron chi connectivity index (χ4n) is 4.84. The van der Waals surface area contributed by atoms with Crippen molar-refractivity contribution < 1.29 is 48.0 Å². The predicted octanol–water partition coefficient (Wildman–Crippen LogP) is 0.873. The summed E-state index contributed by atoms with van der Waals surface area (Å²) >= 11 is 0. The average Bonchev–Trinajstić information content (AvgIpc) is 3.10. The number of hydrogen-bond acceptors (Lipinski definition) is 10. The maximum atomic E-state index is 13.1. The lowest BCUT2D eigenvalue weighted by molar-refractivity contribution is -0.154. The van der Waals surface area contributed by atoms with Crippen molar-refractivity contribution in [3.63, 3.8) is 0 Å². The van der Waals surface area contributed by atoms with Gasteiger partial charge in [0.05, 0.1) is 50.2 Å². The van der Waals surface area contributed by atoms with E-state index in [9.17, 15) is 24.3 Å². The van der Waals surface area contributed by atoms with E-state index in [1.54, 1.807) is 13.8 Å². The molecule has 0 saturated heterocycles. The molecule has 0 aromatic carbocycles. The number of esters is 3. The van der Waals surface area contributed by atoms with Crippen LogP contribution in [0.4, 0.5) is 0 Å². The zero-order chi connectivity index (χ0) is 23.6. The first-order valence-electron chi connectivity index (χ1n) is 10.4. The maximum absolute atomic E-state index is 13.1. The highest BCUT2D eigenvalue weighted by molar-refractivity contribution is 5.91. The van der Waals surface area contributed by atoms with E-state index in [1.807, 2.05) is 0 Å². The van der Waals surface area contributed by atoms with Gasteiger partial charge in [0, 0.05) is 23.7 Å². The van der Waals surface area contributed by atoms with Crippen LogP contribution in [0, 0.1) is 29.6 Å². The smallest absolute Gasteiger partial charge is 0.337 e. The van der Waals surface area contributed by atoms with Crippen LogP contribution in [0.1, 0.15) is 26.7 Å². The van der Waals surface area contributed by atoms with E-state index in [0.29, 0.717) is 6.29 Å². The molecule has 2 aliphatic heterocycles. The second kappa shape index (κ2) is 9.72. The Labute approximate surface area is 185 Å². The molecule has 176 valence electrons. The first-order chi connectivity index (χ1) is 15.2. The van der Waals surface area contributed by atoms with Crippen molar-refractivity contribution in [2.45, 2.75) is 45.2 Å². The molecule has 3 rings (SSSR count). The van der Waals surface area contributed by atoms with E-state index >= 15 is 0 Å². The number of carbonyl (C=O) groups is 4. The van der Waals surface area contributed by atoms with E-state index in [1.165, 1.54) is 26.7 Å². The fraction of sp³-hybridized carbons (Fsp3) is 0.636. The molecular weight excluding hydrogens is 424 g/mol. The largest absolute Gasteiger partial charge is 0.497 e. The van der Waals surface area contributed by atoms with Gasteiger partial charge in [-0.25, -0.2) is 9.59 Å². The number of aliphatic hydroxyl groups is 1. The SMILES string of the molecule is COC(=O)C[C@H]1C(C(=O)O[C@@H]2C[C@H]3C(C(=O)OC)=CO[C@H](O)[C@H]3[C@@H]2C)=CO[C@H](C)[C@@H]1C=O. The summed E-state index contributed by atoms with van der Waals surface area (Å²) in [5, 5.41) is 10.3. The summed E-state index contributed by atoms with van der Waals surface area (Å²) in [6.45, 7) is 3.47. The lowest BCUT2D eigenvalue weighted by Crippen LogP contribution is -2.39. The highest BCUT2D eigenvalue weighted by Gasteiger charge is 2.52. The first-order valence-corrected chi connectivity index (χ1v) is 10.4. The number of aldehydes is 1. The summed E-state index contributed by atoms with van der Waals surface area (Å²) in [5.74, 6) is -4.58. The van der Waals surface area contributed by atoms with Gasteiger partial charge in [0.15, 0.2) is 6.29 Å². The topological polar surface area (TPSA) is 135 Å². The minimum atomic E-state index is -1.16. The van der Waals surface area contributed by atoms with Crippen molar-refractivity contribution in [1.82, 2.24) is 0 Å². The van der Waals surface area contributed by atoms with Crippen LogP contribution < -0.4 is 0 Å². The summed E-state index contributed by atoms with van der Waals surface area (Å²) in [4.78, 5) is 48.7. The Bertz CT molecular complexity index is 831. The third kappa shape index (κ3) is 4.36. The van der Waals surface area contributed by atoms with Crippen molar-refractivity contribution in [2.75, 3.05) is 14.2 Å². The molecule has 0 spiro atoms. The molecule has 0 radical (unpaired) electrons. The number of aliphatic hydroxyl groups excluding tert-OH is 1. The Balaban J connectivity index is 1.80. The van der Waals surface area contributed by atoms with Gasteiger partial charge in [0.2, 0.25) is 0 Å². The van der Waals surface area contributed by atoms with E-state index in [0.717, 1.165) is 0 Å². The second-order valence-corrected chi connectivity index (χ2v) is 8.33. The molecule has 2 heterocycles. The van der Waals surface area contributed by atoms with Crippen LogP contribution >= 0.6 is 0 Å². The van der Waals surface area contributed by atoms with E-state index < -0.39 is 60.1 Å². The molecule has 10 nitrogen and oxygen atoms in total. The molecule has 1 saturated carbocycles. The molecule has 10 heteroatoms. The first kappa shape index (κ1) is 23.8. The van der Waals surface area contributed by atoms with Crippen molar-refractivity contribution in [1.29, 1.82) is 0 Å². The van der Waals surface area contributed by atoms with Gasteiger partial charge < -0.3 is 33.6 Å². The summed E-state index contributed by atoms with van der Waals surface area (Å²) in [5.41, 5.74) is 0.333. The third-order valence-corrected chi connectivity index (χ3v) is 6.71. The lowest BCUT2D eigenvalue weighted by atomic mass is 9.80. The number of ether oxygens (including phenoxy) is 5. The van der Waals surface area contributed by atoms with Crippen LogP contribution in [0.5, 0.6) is 0 Å². The molecule has 3 aliphatic rings. The Morgan fingerprint density at radius 1 is 1.09 bits per heavy atom. The number of carbonyl (C=O) groups excluding carboxylic acids is 4. The molecule has 0 amide bonds. The van der Waals surface area contributed by atoms with Crippen LogP contribution in [-0.2, 0) is 42.9 Å². The summed E-state index contributed by atoms with van der Waals surface area (Å²) < 4.78 is 25.9. The highest BCUT2D eigenvalue weighted by atomic mass is 16.6. The van der Waals surface area contributed by atoms with Gasteiger partial charge in [-0.15, -0.1) is 0 Å². The van der Waals surface area contributed by atoms with Gasteiger partial charge in [0.1, 0.15) is 18.5 Å². The number of hydrogen-bond donors (Lipinski definition) is 1. The lowest BCUT2D eigenvalue weighted by Gasteiger charge is -2.33. The highest BCUT2D eigenvalue weighted by Crippen LogP contribution is 2.47. The van der Waals surface area contributed by atoms with Crippen LogP contribution in [0.15, 0.2) is 23.7 Å². The molecule has 0 aromatic rings. The van der Waals surface area contributed by atoms with Gasteiger partial charge in [-0.05, 0) is 13.3 Å². The summed E-state index contributed by atoms with van der Waals surface area (Å²) in [6, 6.07) is 0. The predicted molar refractivity (Wildman–Crippen MR) is 106 cm³/mol. The molecule has 1 fully saturated rings. The van der Waals surface area contributed by atoms with E-state index in [2.05, 4.69) is 0 Å². The van der Waals surface area contributed by atoms with Crippen molar-refractivity contribution in [3.8, 4) is 0 Å². The zero-order valence-electron chi connectivity index (χ0n) is 18.4. The van der Waals surface area contributed by atoms with E-state index in [-0.39, 0.29) is 29.9 Å². The van der Waals surface area contributed by atoms with Gasteiger partial charge >= 0.3 is 17.9 Å². The van der Waals surface area contributed by atoms with Crippen LogP contribution in [0.2, 0.25) is 0 Å². The van der Waals surface area contributed by atoms with Gasteiger partial charge in [-0.2, -0.15) is 0 Å². The molecule has 1 N–H and O–H groups in total. The molecule has 0 unspecified atom stereocenters. The van der Waals surface area contributed by atoms with Crippen molar-refractivity contribution >= 4 is 24.2 Å². The van der Waals surface area contributed by atoms with Gasteiger partial charge in [-0.3, -0.25) is 4.79 Å². The average molecular weight is 452 g/mol. The van der Waals surface area contributed by atoms with Crippen LogP contribution in [0.3, 0.4) is 0 Å². The fourth-order valence-corrected chi connectivity index (χ4v) is 4.84. The Kier molecular flexibility index (Phi) is 7.22. The van der Waals surface area contributed by atoms with Gasteiger partial charge in [-0.1, -0.05) is 6.92 Å². The second-order valence-electron chi connectivity index (χ2n) is 8.33. The Morgan fingerprint density at radius 3 is 2.41 bits per heavy atom. The monoisotopic (exact) mass is 452 g/mol. The molecule has 0 bridgehead atoms. The molecule has 1 aliphatic carbocycles. The maximum Gasteiger partial charge on any atom is 0.337 e. The van der Waals surface area contributed by atoms with Crippen molar-refractivity contribution in [2.24, 2.45) is 29.6 Å². The number of methoxy groups -OCH3 is 2. The summed E-state index contributed by atoms with van der Waals surface area (Å²) in [6.07, 6.45) is 0.857. The van der Waals surface area contributed by atoms with Gasteiger partial charge in [0.25, 0.3) is 0 Å². The standard InChI is InChI=1S/C22H28O10/c1-10-17(5-13-16(20(25)29-4)9-31-22(27)19(10)13)32-21(26)15-8-30-11(2)14(7-23)12(15)6-18(24)28-3/h7-14,17,19,22,27H,5-6H2,1-4H3/t10-,11-,12-,13+,14+,17-,19+,22+/m1/s1. The van der Waals surface area contributed by atoms with Crippen LogP contribution in [0.25, 0.3) is 0 Å². The zero-order valence-corrected chi connectivity index (χ0v) is 18.4. The molecule has 0 aromatic heterocycles. The quantitative estimate of drug-likeness (QED) is 0.351. The molecule has 32 heavy (non-hydrogen) atoms. The Morgan fingerprint density at radius 2 is 1.78 bits per heavy atom. The van der Waals surface area contributed by atoms with E-state index in [4.69, 9.17) is 23.7 Å². The minimum Gasteiger partial charge on any atom is -0.497 e. The molecule has 8 atom stereocenters. The van der Waals surface area contributed by atoms with Crippen LogP contribution in [-0.4, -0.2) is 62.0 Å².